The molecule has 3 aromatic rings. The average molecular weight is 610 g/mol. The van der Waals surface area contributed by atoms with Crippen LogP contribution < -0.4 is 19.5 Å². The van der Waals surface area contributed by atoms with Gasteiger partial charge in [-0.3, -0.25) is 10.1 Å². The van der Waals surface area contributed by atoms with Crippen molar-refractivity contribution in [3.63, 3.8) is 0 Å². The number of halogens is 1. The van der Waals surface area contributed by atoms with Crippen molar-refractivity contribution in [2.24, 2.45) is 5.92 Å². The third kappa shape index (κ3) is 4.40. The summed E-state index contributed by atoms with van der Waals surface area (Å²) in [5.74, 6) is -4.82. The number of hydrogen-bond donors (Lipinski definition) is 1. The van der Waals surface area contributed by atoms with E-state index >= 15 is 0 Å². The lowest BCUT2D eigenvalue weighted by Crippen LogP contribution is -2.59. The Bertz CT molecular complexity index is 1490. The molecule has 1 saturated heterocycles. The maximum absolute atomic E-state index is 13.6. The van der Waals surface area contributed by atoms with Crippen LogP contribution in [0.25, 0.3) is 0 Å². The Hall–Kier alpha value is -4.22. The van der Waals surface area contributed by atoms with Gasteiger partial charge in [-0.15, -0.1) is 0 Å². The number of nitrogens with one attached hydrogen (secondary N) is 1. The second kappa shape index (κ2) is 10.7. The van der Waals surface area contributed by atoms with E-state index in [9.17, 15) is 19.2 Å². The number of methoxy groups -OCH3 is 3. The molecule has 3 aromatic carbocycles. The van der Waals surface area contributed by atoms with E-state index in [2.05, 4.69) is 21.2 Å². The Morgan fingerprint density at radius 1 is 0.900 bits per heavy atom. The van der Waals surface area contributed by atoms with E-state index in [4.69, 9.17) is 23.7 Å². The summed E-state index contributed by atoms with van der Waals surface area (Å²) in [5.41, 5.74) is -1.15. The molecule has 5 rings (SSSR count). The number of esters is 4. The quantitative estimate of drug-likeness (QED) is 0.251. The first-order valence-electron chi connectivity index (χ1n) is 12.2. The minimum Gasteiger partial charge on any atom is -0.497 e. The van der Waals surface area contributed by atoms with Gasteiger partial charge in [-0.05, 0) is 48.5 Å². The van der Waals surface area contributed by atoms with Crippen LogP contribution in [-0.4, -0.2) is 50.7 Å². The third-order valence-electron chi connectivity index (χ3n) is 7.14. The first kappa shape index (κ1) is 27.4. The fourth-order valence-corrected chi connectivity index (χ4v) is 5.77. The van der Waals surface area contributed by atoms with E-state index in [0.717, 1.165) is 14.2 Å². The zero-order chi connectivity index (χ0) is 28.6. The van der Waals surface area contributed by atoms with Crippen LogP contribution in [0.15, 0.2) is 71.2 Å². The van der Waals surface area contributed by atoms with Crippen molar-refractivity contribution in [2.45, 2.75) is 17.5 Å². The zero-order valence-corrected chi connectivity index (χ0v) is 23.2. The minimum absolute atomic E-state index is 0.114. The molecule has 0 amide bonds. The largest absolute Gasteiger partial charge is 0.497 e. The van der Waals surface area contributed by atoms with Gasteiger partial charge in [0.1, 0.15) is 17.2 Å². The van der Waals surface area contributed by atoms with Gasteiger partial charge in [0.2, 0.25) is 5.54 Å². The van der Waals surface area contributed by atoms with Crippen LogP contribution in [0.5, 0.6) is 17.2 Å². The van der Waals surface area contributed by atoms with Crippen LogP contribution in [0.4, 0.5) is 0 Å². The highest BCUT2D eigenvalue weighted by atomic mass is 79.9. The van der Waals surface area contributed by atoms with Gasteiger partial charge in [0, 0.05) is 21.5 Å². The Labute approximate surface area is 237 Å². The molecule has 2 aliphatic heterocycles. The topological polar surface area (TPSA) is 126 Å². The Kier molecular flexibility index (Phi) is 7.35. The minimum atomic E-state index is -2.15. The molecule has 0 unspecified atom stereocenters. The first-order chi connectivity index (χ1) is 19.2. The molecule has 3 atom stereocenters. The third-order valence-corrected chi connectivity index (χ3v) is 7.63. The summed E-state index contributed by atoms with van der Waals surface area (Å²) in [5, 5.41) is 3.05. The fourth-order valence-electron chi connectivity index (χ4n) is 5.39. The maximum atomic E-state index is 13.6. The maximum Gasteiger partial charge on any atom is 0.343 e. The number of fused-ring (bicyclic) bond motifs is 3. The molecule has 11 heteroatoms. The van der Waals surface area contributed by atoms with Crippen molar-refractivity contribution in [3.05, 3.63) is 87.9 Å². The highest BCUT2D eigenvalue weighted by molar-refractivity contribution is 9.10. The van der Waals surface area contributed by atoms with Gasteiger partial charge >= 0.3 is 23.9 Å². The molecule has 0 aliphatic carbocycles. The van der Waals surface area contributed by atoms with Gasteiger partial charge in [-0.1, -0.05) is 34.1 Å². The fraction of sp³-hybridized carbons (Fsp3) is 0.241. The predicted molar refractivity (Wildman–Crippen MR) is 143 cm³/mol. The lowest BCUT2D eigenvalue weighted by Gasteiger charge is -2.34. The van der Waals surface area contributed by atoms with E-state index in [0.29, 0.717) is 26.9 Å². The van der Waals surface area contributed by atoms with Gasteiger partial charge in [-0.2, -0.15) is 0 Å². The standard InChI is InChI=1S/C29H24BrNO9/c1-36-17-10-12-20-18(14-17)23-22(26(33)40-20)24(31-29(23,27(34)37-2)28(35)38-3)19-13-16(30)9-11-21(19)39-25(32)15-7-5-4-6-8-15/h4-14,22-24,31H,1-3H3/t22-,23+,24+/m1/s1. The summed E-state index contributed by atoms with van der Waals surface area (Å²) in [6.45, 7) is 0. The van der Waals surface area contributed by atoms with Gasteiger partial charge in [0.25, 0.3) is 0 Å². The number of carbonyl (C=O) groups is 4. The predicted octanol–water partition coefficient (Wildman–Crippen LogP) is 3.73. The van der Waals surface area contributed by atoms with Crippen molar-refractivity contribution < 1.29 is 42.9 Å². The van der Waals surface area contributed by atoms with Crippen LogP contribution in [0.2, 0.25) is 0 Å². The van der Waals surface area contributed by atoms with Gasteiger partial charge in [0.05, 0.1) is 38.9 Å². The molecule has 2 aliphatic rings. The normalized spacial score (nSPS) is 20.4. The summed E-state index contributed by atoms with van der Waals surface area (Å²) >= 11 is 3.43. The second-order valence-electron chi connectivity index (χ2n) is 9.18. The molecule has 1 fully saturated rings. The molecule has 40 heavy (non-hydrogen) atoms. The lowest BCUT2D eigenvalue weighted by molar-refractivity contribution is -0.164. The Balaban J connectivity index is 1.70. The van der Waals surface area contributed by atoms with E-state index in [-0.39, 0.29) is 11.5 Å². The molecule has 0 saturated carbocycles. The van der Waals surface area contributed by atoms with Gasteiger partial charge in [0.15, 0.2) is 0 Å². The summed E-state index contributed by atoms with van der Waals surface area (Å²) in [6, 6.07) is 16.9. The Morgan fingerprint density at radius 3 is 2.25 bits per heavy atom. The van der Waals surface area contributed by atoms with E-state index < -0.39 is 47.3 Å². The molecule has 0 spiro atoms. The number of rotatable bonds is 6. The molecule has 0 aromatic heterocycles. The highest BCUT2D eigenvalue weighted by Gasteiger charge is 2.69. The van der Waals surface area contributed by atoms with Crippen LogP contribution in [0.3, 0.4) is 0 Å². The van der Waals surface area contributed by atoms with Crippen LogP contribution in [0, 0.1) is 5.92 Å². The van der Waals surface area contributed by atoms with Gasteiger partial charge in [-0.25, -0.2) is 14.4 Å². The van der Waals surface area contributed by atoms with E-state index in [1.54, 1.807) is 60.7 Å². The molecule has 0 radical (unpaired) electrons. The average Bonchev–Trinajstić information content (AvgIpc) is 3.35. The summed E-state index contributed by atoms with van der Waals surface area (Å²) < 4.78 is 27.6. The summed E-state index contributed by atoms with van der Waals surface area (Å²) in [4.78, 5) is 53.6. The van der Waals surface area contributed by atoms with Crippen LogP contribution >= 0.6 is 15.9 Å². The molecule has 0 bridgehead atoms. The zero-order valence-electron chi connectivity index (χ0n) is 21.6. The van der Waals surface area contributed by atoms with Crippen LogP contribution in [0.1, 0.15) is 33.4 Å². The van der Waals surface area contributed by atoms with Crippen molar-refractivity contribution in [1.82, 2.24) is 5.32 Å². The van der Waals surface area contributed by atoms with E-state index in [1.807, 2.05) is 0 Å². The lowest BCUT2D eigenvalue weighted by atomic mass is 9.72. The molecular weight excluding hydrogens is 586 g/mol. The monoisotopic (exact) mass is 609 g/mol. The number of hydrogen-bond acceptors (Lipinski definition) is 10. The first-order valence-corrected chi connectivity index (χ1v) is 12.9. The molecular formula is C29H24BrNO9. The SMILES string of the molecule is COC(=O)C1(C(=O)OC)N[C@@H](c2cc(Br)ccc2OC(=O)c2ccccc2)[C@@H]2C(=O)Oc3ccc(OC)cc3[C@@H]21. The Morgan fingerprint density at radius 2 is 1.60 bits per heavy atom. The molecule has 10 nitrogen and oxygen atoms in total. The number of benzene rings is 3. The molecule has 1 N–H and O–H groups in total. The smallest absolute Gasteiger partial charge is 0.343 e. The second-order valence-corrected chi connectivity index (χ2v) is 10.1. The number of carbonyl (C=O) groups excluding carboxylic acids is 4. The van der Waals surface area contributed by atoms with Crippen molar-refractivity contribution in [1.29, 1.82) is 0 Å². The van der Waals surface area contributed by atoms with Gasteiger partial charge < -0.3 is 23.7 Å². The number of ether oxygens (including phenoxy) is 5. The molecule has 2 heterocycles. The van der Waals surface area contributed by atoms with Crippen LogP contribution in [-0.2, 0) is 23.9 Å². The van der Waals surface area contributed by atoms with Crippen molar-refractivity contribution in [3.8, 4) is 17.2 Å². The summed E-state index contributed by atoms with van der Waals surface area (Å²) in [7, 11) is 3.74. The molecule has 206 valence electrons. The highest BCUT2D eigenvalue weighted by Crippen LogP contribution is 2.56. The summed E-state index contributed by atoms with van der Waals surface area (Å²) in [6.07, 6.45) is 0. The van der Waals surface area contributed by atoms with Crippen molar-refractivity contribution >= 4 is 39.8 Å². The van der Waals surface area contributed by atoms with E-state index in [1.165, 1.54) is 13.2 Å². The van der Waals surface area contributed by atoms with Crippen molar-refractivity contribution in [2.75, 3.05) is 21.3 Å².